The average Bonchev–Trinajstić information content (AvgIpc) is 2.14. The highest BCUT2D eigenvalue weighted by atomic mass is 127. The van der Waals surface area contributed by atoms with Gasteiger partial charge in [0.05, 0.1) is 8.95 Å². The Morgan fingerprint density at radius 2 is 2.19 bits per heavy atom. The molecule has 0 bridgehead atoms. The molecule has 0 aliphatic rings. The number of alkyl halides is 1. The van der Waals surface area contributed by atoms with Gasteiger partial charge < -0.3 is 5.32 Å². The number of rotatable bonds is 4. The maximum absolute atomic E-state index is 6.26. The third kappa shape index (κ3) is 5.30. The molecular formula is C11H17ClIN3. The fraction of sp³-hybridized carbons (Fsp3) is 0.636. The van der Waals surface area contributed by atoms with Crippen LogP contribution < -0.4 is 5.32 Å². The molecule has 1 unspecified atom stereocenters. The zero-order valence-corrected chi connectivity index (χ0v) is 12.7. The smallest absolute Gasteiger partial charge is 0.142 e. The second-order valence-electron chi connectivity index (χ2n) is 4.96. The van der Waals surface area contributed by atoms with Gasteiger partial charge in [0.15, 0.2) is 0 Å². The van der Waals surface area contributed by atoms with Crippen molar-refractivity contribution in [2.45, 2.75) is 32.6 Å². The zero-order valence-electron chi connectivity index (χ0n) is 9.80. The van der Waals surface area contributed by atoms with Crippen molar-refractivity contribution in [3.63, 3.8) is 0 Å². The summed E-state index contributed by atoms with van der Waals surface area (Å²) in [5, 5.41) is 3.36. The molecule has 16 heavy (non-hydrogen) atoms. The summed E-state index contributed by atoms with van der Waals surface area (Å²) in [6.45, 7) is 7.30. The van der Waals surface area contributed by atoms with Crippen LogP contribution in [0.15, 0.2) is 12.5 Å². The molecule has 0 aliphatic carbocycles. The summed E-state index contributed by atoms with van der Waals surface area (Å²) >= 11 is 8.46. The maximum Gasteiger partial charge on any atom is 0.142 e. The first kappa shape index (κ1) is 14.0. The van der Waals surface area contributed by atoms with E-state index in [4.69, 9.17) is 11.6 Å². The summed E-state index contributed by atoms with van der Waals surface area (Å²) < 4.78 is 1.01. The molecule has 1 atom stereocenters. The van der Waals surface area contributed by atoms with Crippen LogP contribution in [0.5, 0.6) is 0 Å². The largest absolute Gasteiger partial charge is 0.368 e. The van der Waals surface area contributed by atoms with E-state index in [1.807, 2.05) is 0 Å². The van der Waals surface area contributed by atoms with Crippen LogP contribution in [0.1, 0.15) is 27.2 Å². The molecule has 5 heteroatoms. The molecular weight excluding hydrogens is 336 g/mol. The molecule has 0 saturated carbocycles. The van der Waals surface area contributed by atoms with E-state index < -0.39 is 0 Å². The van der Waals surface area contributed by atoms with Crippen LogP contribution in [0.25, 0.3) is 0 Å². The molecule has 3 nitrogen and oxygen atoms in total. The lowest BCUT2D eigenvalue weighted by Crippen LogP contribution is -2.21. The van der Waals surface area contributed by atoms with E-state index in [9.17, 15) is 0 Å². The number of hydrogen-bond acceptors (Lipinski definition) is 3. The van der Waals surface area contributed by atoms with Gasteiger partial charge >= 0.3 is 0 Å². The molecule has 1 heterocycles. The molecule has 1 aromatic heterocycles. The van der Waals surface area contributed by atoms with Gasteiger partial charge in [0.1, 0.15) is 12.1 Å². The number of nitrogens with one attached hydrogen (secondary N) is 1. The number of hydrogen-bond donors (Lipinski definition) is 1. The summed E-state index contributed by atoms with van der Waals surface area (Å²) in [5.41, 5.74) is 0.257. The highest BCUT2D eigenvalue weighted by Crippen LogP contribution is 2.24. The first-order valence-electron chi connectivity index (χ1n) is 5.22. The van der Waals surface area contributed by atoms with Gasteiger partial charge in [-0.2, -0.15) is 0 Å². The van der Waals surface area contributed by atoms with Crippen molar-refractivity contribution < 1.29 is 0 Å². The Hall–Kier alpha value is -0.100. The number of nitrogens with zero attached hydrogens (tertiary/aromatic N) is 2. The Bertz CT molecular complexity index is 338. The Balaban J connectivity index is 2.43. The highest BCUT2D eigenvalue weighted by Gasteiger charge is 2.16. The lowest BCUT2D eigenvalue weighted by Gasteiger charge is -2.22. The van der Waals surface area contributed by atoms with Crippen LogP contribution >= 0.6 is 34.2 Å². The summed E-state index contributed by atoms with van der Waals surface area (Å²) in [5.74, 6) is 0.857. The summed E-state index contributed by atoms with van der Waals surface area (Å²) in [4.78, 5) is 8.10. The quantitative estimate of drug-likeness (QED) is 0.664. The normalized spacial score (nSPS) is 13.6. The van der Waals surface area contributed by atoms with Gasteiger partial charge in [-0.3, -0.25) is 0 Å². The van der Waals surface area contributed by atoms with Crippen molar-refractivity contribution >= 4 is 40.0 Å². The number of aromatic nitrogens is 2. The van der Waals surface area contributed by atoms with Gasteiger partial charge in [0, 0.05) is 12.7 Å². The topological polar surface area (TPSA) is 37.8 Å². The maximum atomic E-state index is 6.26. The molecule has 90 valence electrons. The number of anilines is 1. The fourth-order valence-corrected chi connectivity index (χ4v) is 2.42. The van der Waals surface area contributed by atoms with Gasteiger partial charge in [-0.05, 0) is 34.4 Å². The molecule has 1 N–H and O–H groups in total. The fourth-order valence-electron chi connectivity index (χ4n) is 1.39. The van der Waals surface area contributed by atoms with Crippen LogP contribution in [-0.4, -0.2) is 21.9 Å². The summed E-state index contributed by atoms with van der Waals surface area (Å²) in [6, 6.07) is 0. The molecule has 0 aromatic carbocycles. The van der Waals surface area contributed by atoms with Crippen molar-refractivity contribution in [2.75, 3.05) is 11.9 Å². The average molecular weight is 354 g/mol. The Morgan fingerprint density at radius 3 is 2.75 bits per heavy atom. The molecule has 1 rings (SSSR count). The SMILES string of the molecule is CC(C)(C)CC(Cl)CNc1ncncc1I. The molecule has 0 aliphatic heterocycles. The molecule has 0 amide bonds. The van der Waals surface area contributed by atoms with E-state index in [2.05, 4.69) is 58.6 Å². The van der Waals surface area contributed by atoms with E-state index in [-0.39, 0.29) is 10.8 Å². The molecule has 0 saturated heterocycles. The Morgan fingerprint density at radius 1 is 1.50 bits per heavy atom. The van der Waals surface area contributed by atoms with Gasteiger partial charge in [0.2, 0.25) is 0 Å². The van der Waals surface area contributed by atoms with Gasteiger partial charge in [-0.15, -0.1) is 11.6 Å². The van der Waals surface area contributed by atoms with Gasteiger partial charge in [-0.25, -0.2) is 9.97 Å². The van der Waals surface area contributed by atoms with Crippen LogP contribution in [-0.2, 0) is 0 Å². The van der Waals surface area contributed by atoms with Crippen molar-refractivity contribution in [1.29, 1.82) is 0 Å². The van der Waals surface area contributed by atoms with E-state index in [1.54, 1.807) is 6.20 Å². The minimum Gasteiger partial charge on any atom is -0.368 e. The first-order valence-corrected chi connectivity index (χ1v) is 6.73. The third-order valence-corrected chi connectivity index (χ3v) is 3.09. The minimum atomic E-state index is 0.116. The van der Waals surface area contributed by atoms with Crippen LogP contribution in [0, 0.1) is 8.99 Å². The lowest BCUT2D eigenvalue weighted by atomic mass is 9.90. The molecule has 1 aromatic rings. The van der Waals surface area contributed by atoms with E-state index in [0.29, 0.717) is 0 Å². The molecule has 0 fully saturated rings. The lowest BCUT2D eigenvalue weighted by molar-refractivity contribution is 0.373. The second-order valence-corrected chi connectivity index (χ2v) is 6.74. The highest BCUT2D eigenvalue weighted by molar-refractivity contribution is 14.1. The monoisotopic (exact) mass is 353 g/mol. The van der Waals surface area contributed by atoms with Gasteiger partial charge in [0.25, 0.3) is 0 Å². The number of halogens is 2. The van der Waals surface area contributed by atoms with E-state index in [0.717, 1.165) is 22.4 Å². The van der Waals surface area contributed by atoms with E-state index in [1.165, 1.54) is 6.33 Å². The Kier molecular flexibility index (Phi) is 5.24. The predicted octanol–water partition coefficient (Wildman–Crippen LogP) is 3.54. The second kappa shape index (κ2) is 6.00. The van der Waals surface area contributed by atoms with Crippen molar-refractivity contribution in [3.05, 3.63) is 16.1 Å². The molecule has 0 radical (unpaired) electrons. The molecule has 0 spiro atoms. The summed E-state index contributed by atoms with van der Waals surface area (Å²) in [7, 11) is 0. The zero-order chi connectivity index (χ0) is 12.2. The van der Waals surface area contributed by atoms with Crippen LogP contribution in [0.3, 0.4) is 0 Å². The van der Waals surface area contributed by atoms with Crippen molar-refractivity contribution in [1.82, 2.24) is 9.97 Å². The predicted molar refractivity (Wildman–Crippen MR) is 77.0 cm³/mol. The summed E-state index contributed by atoms with van der Waals surface area (Å²) in [6.07, 6.45) is 4.30. The van der Waals surface area contributed by atoms with Crippen molar-refractivity contribution in [2.24, 2.45) is 5.41 Å². The third-order valence-electron chi connectivity index (χ3n) is 1.99. The van der Waals surface area contributed by atoms with Gasteiger partial charge in [-0.1, -0.05) is 20.8 Å². The first-order chi connectivity index (χ1) is 7.38. The standard InChI is InChI=1S/C11H17ClIN3/c1-11(2,3)4-8(12)5-15-10-9(13)6-14-7-16-10/h6-8H,4-5H2,1-3H3,(H,14,15,16). The van der Waals surface area contributed by atoms with Crippen LogP contribution in [0.2, 0.25) is 0 Å². The minimum absolute atomic E-state index is 0.116. The van der Waals surface area contributed by atoms with E-state index >= 15 is 0 Å². The van der Waals surface area contributed by atoms with Crippen molar-refractivity contribution in [3.8, 4) is 0 Å². The van der Waals surface area contributed by atoms with Crippen LogP contribution in [0.4, 0.5) is 5.82 Å². The Labute approximate surface area is 116 Å².